The number of carboxylic acid groups (broad SMARTS) is 1. The van der Waals surface area contributed by atoms with Gasteiger partial charge in [0, 0.05) is 10.9 Å². The molecule has 0 spiro atoms. The van der Waals surface area contributed by atoms with E-state index in [0.29, 0.717) is 16.5 Å². The minimum atomic E-state index is -4.77. The van der Waals surface area contributed by atoms with Gasteiger partial charge in [-0.15, -0.1) is 13.2 Å². The predicted octanol–water partition coefficient (Wildman–Crippen LogP) is 3.07. The van der Waals surface area contributed by atoms with Gasteiger partial charge in [0.25, 0.3) is 0 Å². The standard InChI is InChI=1S/C11H8F3NO3/c1-5-7-4-6(18-11(12,13)14)2-3-8(7)15-9(5)10(16)17/h2-4,15H,1H3,(H,16,17). The Bertz CT molecular complexity index is 616. The van der Waals surface area contributed by atoms with Crippen molar-refractivity contribution in [3.8, 4) is 5.75 Å². The smallest absolute Gasteiger partial charge is 0.477 e. The Morgan fingerprint density at radius 3 is 2.61 bits per heavy atom. The number of hydrogen-bond acceptors (Lipinski definition) is 2. The van der Waals surface area contributed by atoms with Crippen LogP contribution in [0.1, 0.15) is 16.1 Å². The molecule has 4 nitrogen and oxygen atoms in total. The monoisotopic (exact) mass is 259 g/mol. The summed E-state index contributed by atoms with van der Waals surface area (Å²) in [5, 5.41) is 9.26. The Labute approximate surface area is 99.0 Å². The molecule has 0 atom stereocenters. The van der Waals surface area contributed by atoms with Crippen LogP contribution >= 0.6 is 0 Å². The Morgan fingerprint density at radius 1 is 1.39 bits per heavy atom. The Kier molecular flexibility index (Phi) is 2.68. The van der Waals surface area contributed by atoms with Gasteiger partial charge in [-0.2, -0.15) is 0 Å². The average molecular weight is 259 g/mol. The third-order valence-corrected chi connectivity index (χ3v) is 2.48. The molecule has 18 heavy (non-hydrogen) atoms. The van der Waals surface area contributed by atoms with Crippen LogP contribution in [0.3, 0.4) is 0 Å². The number of halogens is 3. The molecule has 0 unspecified atom stereocenters. The second kappa shape index (κ2) is 3.94. The number of rotatable bonds is 2. The Morgan fingerprint density at radius 2 is 2.06 bits per heavy atom. The highest BCUT2D eigenvalue weighted by Gasteiger charge is 2.31. The van der Waals surface area contributed by atoms with Gasteiger partial charge in [0.15, 0.2) is 0 Å². The highest BCUT2D eigenvalue weighted by Crippen LogP contribution is 2.29. The number of carboxylic acids is 1. The number of fused-ring (bicyclic) bond motifs is 1. The molecule has 96 valence electrons. The molecule has 1 aromatic heterocycles. The summed E-state index contributed by atoms with van der Waals surface area (Å²) in [6.45, 7) is 1.51. The van der Waals surface area contributed by atoms with Crippen LogP contribution in [0.4, 0.5) is 13.2 Å². The number of aryl methyl sites for hydroxylation is 1. The lowest BCUT2D eigenvalue weighted by molar-refractivity contribution is -0.274. The highest BCUT2D eigenvalue weighted by atomic mass is 19.4. The minimum absolute atomic E-state index is 0.0471. The van der Waals surface area contributed by atoms with Crippen molar-refractivity contribution in [2.45, 2.75) is 13.3 Å². The number of hydrogen-bond donors (Lipinski definition) is 2. The lowest BCUT2D eigenvalue weighted by atomic mass is 10.1. The molecule has 0 amide bonds. The molecule has 0 bridgehead atoms. The Hall–Kier alpha value is -2.18. The van der Waals surface area contributed by atoms with Gasteiger partial charge in [-0.25, -0.2) is 4.79 Å². The van der Waals surface area contributed by atoms with Gasteiger partial charge in [0.2, 0.25) is 0 Å². The number of carbonyl (C=O) groups is 1. The minimum Gasteiger partial charge on any atom is -0.477 e. The lowest BCUT2D eigenvalue weighted by Gasteiger charge is -2.08. The summed E-state index contributed by atoms with van der Waals surface area (Å²) < 4.78 is 39.9. The summed E-state index contributed by atoms with van der Waals surface area (Å²) in [7, 11) is 0. The van der Waals surface area contributed by atoms with E-state index in [0.717, 1.165) is 12.1 Å². The summed E-state index contributed by atoms with van der Waals surface area (Å²) in [6, 6.07) is 3.62. The fraction of sp³-hybridized carbons (Fsp3) is 0.182. The zero-order valence-corrected chi connectivity index (χ0v) is 9.13. The van der Waals surface area contributed by atoms with Crippen molar-refractivity contribution in [3.05, 3.63) is 29.5 Å². The van der Waals surface area contributed by atoms with E-state index in [1.165, 1.54) is 13.0 Å². The molecular weight excluding hydrogens is 251 g/mol. The van der Waals surface area contributed by atoms with Crippen molar-refractivity contribution < 1.29 is 27.8 Å². The van der Waals surface area contributed by atoms with Crippen molar-refractivity contribution in [3.63, 3.8) is 0 Å². The molecule has 0 aliphatic rings. The van der Waals surface area contributed by atoms with Crippen LogP contribution in [0.5, 0.6) is 5.75 Å². The number of aromatic carboxylic acids is 1. The van der Waals surface area contributed by atoms with Gasteiger partial charge in [0.1, 0.15) is 11.4 Å². The molecule has 0 aliphatic heterocycles. The number of H-pyrrole nitrogens is 1. The first-order chi connectivity index (χ1) is 8.28. The number of aromatic nitrogens is 1. The molecule has 0 fully saturated rings. The van der Waals surface area contributed by atoms with Crippen LogP contribution in [0, 0.1) is 6.92 Å². The number of nitrogens with one attached hydrogen (secondary N) is 1. The van der Waals surface area contributed by atoms with E-state index in [4.69, 9.17) is 5.11 Å². The van der Waals surface area contributed by atoms with E-state index >= 15 is 0 Å². The molecule has 1 aromatic carbocycles. The van der Waals surface area contributed by atoms with Crippen LogP contribution in [-0.4, -0.2) is 22.4 Å². The molecular formula is C11H8F3NO3. The van der Waals surface area contributed by atoms with Crippen molar-refractivity contribution in [2.75, 3.05) is 0 Å². The first-order valence-corrected chi connectivity index (χ1v) is 4.89. The topological polar surface area (TPSA) is 62.3 Å². The zero-order chi connectivity index (χ0) is 13.5. The van der Waals surface area contributed by atoms with Crippen LogP contribution in [-0.2, 0) is 0 Å². The highest BCUT2D eigenvalue weighted by molar-refractivity contribution is 5.97. The lowest BCUT2D eigenvalue weighted by Crippen LogP contribution is -2.16. The van der Waals surface area contributed by atoms with Gasteiger partial charge < -0.3 is 14.8 Å². The van der Waals surface area contributed by atoms with E-state index in [1.807, 2.05) is 0 Å². The summed E-state index contributed by atoms with van der Waals surface area (Å²) in [5.74, 6) is -1.55. The van der Waals surface area contributed by atoms with E-state index in [1.54, 1.807) is 0 Å². The summed E-state index contributed by atoms with van der Waals surface area (Å²) >= 11 is 0. The fourth-order valence-electron chi connectivity index (χ4n) is 1.72. The van der Waals surface area contributed by atoms with Crippen molar-refractivity contribution in [1.82, 2.24) is 4.98 Å². The van der Waals surface area contributed by atoms with Crippen molar-refractivity contribution in [1.29, 1.82) is 0 Å². The largest absolute Gasteiger partial charge is 0.573 e. The van der Waals surface area contributed by atoms with Crippen LogP contribution in [0.15, 0.2) is 18.2 Å². The number of aromatic amines is 1. The summed E-state index contributed by atoms with van der Waals surface area (Å²) in [6.07, 6.45) is -4.77. The molecule has 0 radical (unpaired) electrons. The first-order valence-electron chi connectivity index (χ1n) is 4.89. The molecule has 0 saturated carbocycles. The second-order valence-corrected chi connectivity index (χ2v) is 3.69. The van der Waals surface area contributed by atoms with Gasteiger partial charge in [-0.3, -0.25) is 0 Å². The molecule has 0 saturated heterocycles. The SMILES string of the molecule is Cc1c(C(=O)O)[nH]c2ccc(OC(F)(F)F)cc12. The van der Waals surface area contributed by atoms with E-state index in [-0.39, 0.29) is 11.4 Å². The predicted molar refractivity (Wildman–Crippen MR) is 56.7 cm³/mol. The van der Waals surface area contributed by atoms with Crippen molar-refractivity contribution in [2.24, 2.45) is 0 Å². The maximum Gasteiger partial charge on any atom is 0.573 e. The van der Waals surface area contributed by atoms with E-state index < -0.39 is 12.3 Å². The van der Waals surface area contributed by atoms with Gasteiger partial charge in [0.05, 0.1) is 0 Å². The number of ether oxygens (including phenoxy) is 1. The average Bonchev–Trinajstić information content (AvgIpc) is 2.54. The zero-order valence-electron chi connectivity index (χ0n) is 9.13. The maximum absolute atomic E-state index is 12.1. The van der Waals surface area contributed by atoms with Gasteiger partial charge >= 0.3 is 12.3 Å². The quantitative estimate of drug-likeness (QED) is 0.871. The fourth-order valence-corrected chi connectivity index (χ4v) is 1.72. The third-order valence-electron chi connectivity index (χ3n) is 2.48. The maximum atomic E-state index is 12.1. The molecule has 2 rings (SSSR count). The third kappa shape index (κ3) is 2.24. The normalized spacial score (nSPS) is 11.8. The van der Waals surface area contributed by atoms with Crippen LogP contribution in [0.25, 0.3) is 10.9 Å². The van der Waals surface area contributed by atoms with Crippen molar-refractivity contribution >= 4 is 16.9 Å². The summed E-state index contributed by atoms with van der Waals surface area (Å²) in [5.41, 5.74) is 0.763. The molecule has 2 N–H and O–H groups in total. The second-order valence-electron chi connectivity index (χ2n) is 3.69. The van der Waals surface area contributed by atoms with Gasteiger partial charge in [-0.05, 0) is 30.7 Å². The van der Waals surface area contributed by atoms with Gasteiger partial charge in [-0.1, -0.05) is 0 Å². The molecule has 7 heteroatoms. The van der Waals surface area contributed by atoms with E-state index in [2.05, 4.69) is 9.72 Å². The van der Waals surface area contributed by atoms with E-state index in [9.17, 15) is 18.0 Å². The molecule has 0 aliphatic carbocycles. The van der Waals surface area contributed by atoms with Crippen LogP contribution in [0.2, 0.25) is 0 Å². The Balaban J connectivity index is 2.51. The van der Waals surface area contributed by atoms with Crippen LogP contribution < -0.4 is 4.74 Å². The molecule has 1 heterocycles. The summed E-state index contributed by atoms with van der Waals surface area (Å²) in [4.78, 5) is 13.5. The molecule has 2 aromatic rings. The first kappa shape index (κ1) is 12.3. The number of alkyl halides is 3. The number of benzene rings is 1.